The molecule has 0 aliphatic carbocycles. The predicted octanol–water partition coefficient (Wildman–Crippen LogP) is 3.76. The summed E-state index contributed by atoms with van der Waals surface area (Å²) in [7, 11) is 0. The van der Waals surface area contributed by atoms with Crippen molar-refractivity contribution in [2.75, 3.05) is 6.54 Å². The second kappa shape index (κ2) is 7.77. The lowest BCUT2D eigenvalue weighted by molar-refractivity contribution is -0.125. The van der Waals surface area contributed by atoms with Crippen LogP contribution in [0.25, 0.3) is 0 Å². The van der Waals surface area contributed by atoms with Gasteiger partial charge in [0.2, 0.25) is 5.91 Å². The molecule has 0 saturated carbocycles. The van der Waals surface area contributed by atoms with Crippen molar-refractivity contribution in [1.82, 2.24) is 10.2 Å². The number of benzene rings is 2. The highest BCUT2D eigenvalue weighted by molar-refractivity contribution is 6.31. The maximum Gasteiger partial charge on any atom is 0.237 e. The van der Waals surface area contributed by atoms with E-state index in [9.17, 15) is 9.18 Å². The molecule has 24 heavy (non-hydrogen) atoms. The van der Waals surface area contributed by atoms with Crippen molar-refractivity contribution in [3.05, 3.63) is 70.5 Å². The highest BCUT2D eigenvalue weighted by atomic mass is 35.5. The Labute approximate surface area is 146 Å². The van der Waals surface area contributed by atoms with Crippen LogP contribution in [0.15, 0.2) is 48.5 Å². The molecule has 3 rings (SSSR count). The smallest absolute Gasteiger partial charge is 0.237 e. The number of carbonyl (C=O) groups excluding carboxylic acids is 1. The van der Waals surface area contributed by atoms with Crippen LogP contribution in [-0.4, -0.2) is 23.4 Å². The van der Waals surface area contributed by atoms with Crippen molar-refractivity contribution in [2.24, 2.45) is 0 Å². The highest BCUT2D eigenvalue weighted by Gasteiger charge is 2.30. The molecule has 1 amide bonds. The van der Waals surface area contributed by atoms with Gasteiger partial charge < -0.3 is 5.32 Å². The van der Waals surface area contributed by atoms with Crippen molar-refractivity contribution in [3.63, 3.8) is 0 Å². The first-order chi connectivity index (χ1) is 11.6. The van der Waals surface area contributed by atoms with Gasteiger partial charge in [0, 0.05) is 18.1 Å². The number of nitrogens with zero attached hydrogens (tertiary/aromatic N) is 1. The molecule has 1 aliphatic rings. The number of halogens is 2. The summed E-state index contributed by atoms with van der Waals surface area (Å²) in [6, 6.07) is 14.3. The molecule has 0 unspecified atom stereocenters. The average Bonchev–Trinajstić information content (AvgIpc) is 3.03. The van der Waals surface area contributed by atoms with Crippen LogP contribution < -0.4 is 5.32 Å². The zero-order valence-corrected chi connectivity index (χ0v) is 14.1. The standard InChI is InChI=1S/C19H20ClFN2O/c20-17-11-16(21)9-8-15(17)12-22-19(24)18-7-4-10-23(18)13-14-5-2-1-3-6-14/h1-3,5-6,8-9,11,18H,4,7,10,12-13H2,(H,22,24)/t18-/m0/s1. The van der Waals surface area contributed by atoms with Crippen LogP contribution in [0.2, 0.25) is 5.02 Å². The van der Waals surface area contributed by atoms with Gasteiger partial charge in [-0.3, -0.25) is 9.69 Å². The van der Waals surface area contributed by atoms with E-state index in [4.69, 9.17) is 11.6 Å². The first-order valence-electron chi connectivity index (χ1n) is 8.13. The minimum Gasteiger partial charge on any atom is -0.351 e. The summed E-state index contributed by atoms with van der Waals surface area (Å²) in [4.78, 5) is 14.7. The van der Waals surface area contributed by atoms with E-state index < -0.39 is 0 Å². The van der Waals surface area contributed by atoms with Crippen molar-refractivity contribution in [2.45, 2.75) is 32.0 Å². The quantitative estimate of drug-likeness (QED) is 0.894. The van der Waals surface area contributed by atoms with Crippen LogP contribution in [0.5, 0.6) is 0 Å². The topological polar surface area (TPSA) is 32.3 Å². The molecule has 0 bridgehead atoms. The Kier molecular flexibility index (Phi) is 5.48. The lowest BCUT2D eigenvalue weighted by atomic mass is 10.1. The van der Waals surface area contributed by atoms with Gasteiger partial charge in [-0.05, 0) is 42.6 Å². The number of hydrogen-bond acceptors (Lipinski definition) is 2. The number of carbonyl (C=O) groups is 1. The number of hydrogen-bond donors (Lipinski definition) is 1. The van der Waals surface area contributed by atoms with E-state index in [1.165, 1.54) is 17.7 Å². The van der Waals surface area contributed by atoms with Gasteiger partial charge in [-0.1, -0.05) is 48.0 Å². The summed E-state index contributed by atoms with van der Waals surface area (Å²) >= 11 is 6.01. The molecular formula is C19H20ClFN2O. The van der Waals surface area contributed by atoms with Crippen molar-refractivity contribution < 1.29 is 9.18 Å². The fraction of sp³-hybridized carbons (Fsp3) is 0.316. The van der Waals surface area contributed by atoms with E-state index >= 15 is 0 Å². The fourth-order valence-electron chi connectivity index (χ4n) is 3.10. The Balaban J connectivity index is 1.59. The van der Waals surface area contributed by atoms with Crippen LogP contribution in [0.4, 0.5) is 4.39 Å². The largest absolute Gasteiger partial charge is 0.351 e. The van der Waals surface area contributed by atoms with Crippen molar-refractivity contribution >= 4 is 17.5 Å². The second-order valence-electron chi connectivity index (χ2n) is 6.07. The van der Waals surface area contributed by atoms with E-state index in [0.29, 0.717) is 11.6 Å². The Morgan fingerprint density at radius 3 is 2.79 bits per heavy atom. The van der Waals surface area contributed by atoms with Crippen molar-refractivity contribution in [3.8, 4) is 0 Å². The zero-order chi connectivity index (χ0) is 16.9. The minimum absolute atomic E-state index is 0.00354. The van der Waals surface area contributed by atoms with Gasteiger partial charge in [0.15, 0.2) is 0 Å². The fourth-order valence-corrected chi connectivity index (χ4v) is 3.33. The SMILES string of the molecule is O=C(NCc1ccc(F)cc1Cl)[C@@H]1CCCN1Cc1ccccc1. The molecule has 5 heteroatoms. The van der Waals surface area contributed by atoms with Crippen LogP contribution in [0.1, 0.15) is 24.0 Å². The van der Waals surface area contributed by atoms with Crippen LogP contribution in [0, 0.1) is 5.82 Å². The molecule has 0 radical (unpaired) electrons. The molecule has 0 spiro atoms. The number of amides is 1. The van der Waals surface area contributed by atoms with Crippen molar-refractivity contribution in [1.29, 1.82) is 0 Å². The summed E-state index contributed by atoms with van der Waals surface area (Å²) in [6.07, 6.45) is 1.87. The number of nitrogens with one attached hydrogen (secondary N) is 1. The first kappa shape index (κ1) is 16.9. The molecule has 2 aromatic rings. The maximum atomic E-state index is 13.1. The molecule has 1 fully saturated rings. The number of rotatable bonds is 5. The lowest BCUT2D eigenvalue weighted by Gasteiger charge is -2.23. The average molecular weight is 347 g/mol. The third-order valence-electron chi connectivity index (χ3n) is 4.36. The summed E-state index contributed by atoms with van der Waals surface area (Å²) < 4.78 is 13.1. The summed E-state index contributed by atoms with van der Waals surface area (Å²) in [5.41, 5.74) is 1.93. The molecule has 1 saturated heterocycles. The van der Waals surface area contributed by atoms with Gasteiger partial charge in [-0.25, -0.2) is 4.39 Å². The normalized spacial score (nSPS) is 17.8. The lowest BCUT2D eigenvalue weighted by Crippen LogP contribution is -2.42. The molecule has 2 aromatic carbocycles. The van der Waals surface area contributed by atoms with E-state index in [0.717, 1.165) is 31.5 Å². The zero-order valence-electron chi connectivity index (χ0n) is 13.3. The molecule has 3 nitrogen and oxygen atoms in total. The van der Waals surface area contributed by atoms with E-state index in [2.05, 4.69) is 22.3 Å². The predicted molar refractivity (Wildman–Crippen MR) is 93.1 cm³/mol. The second-order valence-corrected chi connectivity index (χ2v) is 6.47. The Morgan fingerprint density at radius 2 is 2.04 bits per heavy atom. The summed E-state index contributed by atoms with van der Waals surface area (Å²) in [5.74, 6) is -0.372. The van der Waals surface area contributed by atoms with Crippen LogP contribution >= 0.6 is 11.6 Å². The molecule has 1 aliphatic heterocycles. The molecule has 0 aromatic heterocycles. The third kappa shape index (κ3) is 4.13. The Morgan fingerprint density at radius 1 is 1.25 bits per heavy atom. The van der Waals surface area contributed by atoms with Gasteiger partial charge in [0.25, 0.3) is 0 Å². The van der Waals surface area contributed by atoms with Gasteiger partial charge in [-0.2, -0.15) is 0 Å². The van der Waals surface area contributed by atoms with Gasteiger partial charge >= 0.3 is 0 Å². The molecule has 1 N–H and O–H groups in total. The molecule has 126 valence electrons. The third-order valence-corrected chi connectivity index (χ3v) is 4.71. The Bertz CT molecular complexity index is 708. The van der Waals surface area contributed by atoms with Gasteiger partial charge in [0.05, 0.1) is 6.04 Å². The maximum absolute atomic E-state index is 13.1. The summed E-state index contributed by atoms with van der Waals surface area (Å²) in [6.45, 7) is 2.01. The molecular weight excluding hydrogens is 327 g/mol. The highest BCUT2D eigenvalue weighted by Crippen LogP contribution is 2.21. The van der Waals surface area contributed by atoms with Gasteiger partial charge in [-0.15, -0.1) is 0 Å². The Hall–Kier alpha value is -1.91. The van der Waals surface area contributed by atoms with E-state index in [1.807, 2.05) is 18.2 Å². The number of likely N-dealkylation sites (tertiary alicyclic amines) is 1. The monoisotopic (exact) mass is 346 g/mol. The van der Waals surface area contributed by atoms with E-state index in [-0.39, 0.29) is 17.8 Å². The van der Waals surface area contributed by atoms with Gasteiger partial charge in [0.1, 0.15) is 5.82 Å². The first-order valence-corrected chi connectivity index (χ1v) is 8.51. The minimum atomic E-state index is -0.375. The van der Waals surface area contributed by atoms with Crippen LogP contribution in [0.3, 0.4) is 0 Å². The van der Waals surface area contributed by atoms with E-state index in [1.54, 1.807) is 6.07 Å². The summed E-state index contributed by atoms with van der Waals surface area (Å²) in [5, 5.41) is 3.27. The molecule has 1 heterocycles. The molecule has 1 atom stereocenters. The van der Waals surface area contributed by atoms with Crippen LogP contribution in [-0.2, 0) is 17.9 Å².